The quantitative estimate of drug-likeness (QED) is 0.916. The highest BCUT2D eigenvalue weighted by atomic mass is 16.2. The highest BCUT2D eigenvalue weighted by Crippen LogP contribution is 2.36. The van der Waals surface area contributed by atoms with Gasteiger partial charge >= 0.3 is 0 Å². The average molecular weight is 342 g/mol. The van der Waals surface area contributed by atoms with Gasteiger partial charge in [-0.25, -0.2) is 0 Å². The standard InChI is InChI=1S/C21H30N2O2/c1-16-8-10-19(11-9-16)22-20(25)21(18-6-4-3-5-7-18)12-14-23(15-13-21)17(2)24/h3-7,16,19H,8-15H2,1-2H3,(H,22,25). The molecule has 1 heterocycles. The molecule has 2 fully saturated rings. The predicted octanol–water partition coefficient (Wildman–Crippen LogP) is 3.26. The minimum absolute atomic E-state index is 0.100. The van der Waals surface area contributed by atoms with Crippen LogP contribution in [0, 0.1) is 5.92 Å². The summed E-state index contributed by atoms with van der Waals surface area (Å²) in [5.41, 5.74) is 0.580. The van der Waals surface area contributed by atoms with Gasteiger partial charge < -0.3 is 10.2 Å². The van der Waals surface area contributed by atoms with Crippen molar-refractivity contribution < 1.29 is 9.59 Å². The van der Waals surface area contributed by atoms with Gasteiger partial charge in [0.05, 0.1) is 5.41 Å². The van der Waals surface area contributed by atoms with Crippen LogP contribution >= 0.6 is 0 Å². The average Bonchev–Trinajstić information content (AvgIpc) is 2.64. The summed E-state index contributed by atoms with van der Waals surface area (Å²) in [5.74, 6) is 1.03. The van der Waals surface area contributed by atoms with Gasteiger partial charge in [0.1, 0.15) is 0 Å². The Hall–Kier alpha value is -1.84. The molecule has 0 unspecified atom stereocenters. The van der Waals surface area contributed by atoms with Crippen molar-refractivity contribution in [3.05, 3.63) is 35.9 Å². The second kappa shape index (κ2) is 7.59. The molecule has 1 saturated carbocycles. The molecule has 1 aliphatic carbocycles. The van der Waals surface area contributed by atoms with Crippen molar-refractivity contribution in [1.29, 1.82) is 0 Å². The summed E-state index contributed by atoms with van der Waals surface area (Å²) in [6.07, 6.45) is 5.95. The molecule has 1 aromatic rings. The summed E-state index contributed by atoms with van der Waals surface area (Å²) in [7, 11) is 0. The number of hydrogen-bond acceptors (Lipinski definition) is 2. The molecule has 4 heteroatoms. The molecular formula is C21H30N2O2. The third-order valence-electron chi connectivity index (χ3n) is 6.17. The van der Waals surface area contributed by atoms with Crippen molar-refractivity contribution >= 4 is 11.8 Å². The minimum atomic E-state index is -0.504. The lowest BCUT2D eigenvalue weighted by atomic mass is 9.71. The SMILES string of the molecule is CC(=O)N1CCC(C(=O)NC2CCC(C)CC2)(c2ccccc2)CC1. The van der Waals surface area contributed by atoms with Crippen molar-refractivity contribution in [2.45, 2.75) is 63.8 Å². The maximum atomic E-state index is 13.3. The van der Waals surface area contributed by atoms with Gasteiger partial charge in [0.25, 0.3) is 0 Å². The van der Waals surface area contributed by atoms with E-state index in [2.05, 4.69) is 24.4 Å². The molecule has 1 saturated heterocycles. The second-order valence-electron chi connectivity index (χ2n) is 7.88. The smallest absolute Gasteiger partial charge is 0.231 e. The van der Waals surface area contributed by atoms with Crippen LogP contribution in [0.15, 0.2) is 30.3 Å². The van der Waals surface area contributed by atoms with Crippen molar-refractivity contribution in [1.82, 2.24) is 10.2 Å². The van der Waals surface area contributed by atoms with E-state index >= 15 is 0 Å². The molecule has 0 spiro atoms. The van der Waals surface area contributed by atoms with Gasteiger partial charge in [-0.2, -0.15) is 0 Å². The zero-order valence-electron chi connectivity index (χ0n) is 15.5. The molecule has 25 heavy (non-hydrogen) atoms. The normalized spacial score (nSPS) is 26.1. The number of benzene rings is 1. The van der Waals surface area contributed by atoms with E-state index in [1.165, 1.54) is 12.8 Å². The number of rotatable bonds is 3. The van der Waals surface area contributed by atoms with Crippen LogP contribution in [0.4, 0.5) is 0 Å². The molecule has 4 nitrogen and oxygen atoms in total. The molecule has 1 N–H and O–H groups in total. The molecule has 1 aromatic carbocycles. The van der Waals surface area contributed by atoms with Crippen LogP contribution in [0.2, 0.25) is 0 Å². The first-order chi connectivity index (χ1) is 12.0. The van der Waals surface area contributed by atoms with Crippen LogP contribution in [-0.2, 0) is 15.0 Å². The first-order valence-electron chi connectivity index (χ1n) is 9.63. The maximum absolute atomic E-state index is 13.3. The molecule has 2 aliphatic rings. The van der Waals surface area contributed by atoms with Crippen molar-refractivity contribution in [3.63, 3.8) is 0 Å². The lowest BCUT2D eigenvalue weighted by Gasteiger charge is -2.42. The fourth-order valence-electron chi connectivity index (χ4n) is 4.34. The topological polar surface area (TPSA) is 49.4 Å². The van der Waals surface area contributed by atoms with Crippen LogP contribution in [0.5, 0.6) is 0 Å². The first kappa shape index (κ1) is 18.0. The van der Waals surface area contributed by atoms with Crippen molar-refractivity contribution in [3.8, 4) is 0 Å². The van der Waals surface area contributed by atoms with Gasteiger partial charge in [0.2, 0.25) is 11.8 Å². The van der Waals surface area contributed by atoms with E-state index in [-0.39, 0.29) is 11.8 Å². The summed E-state index contributed by atoms with van der Waals surface area (Å²) in [6.45, 7) is 5.21. The van der Waals surface area contributed by atoms with E-state index in [0.29, 0.717) is 32.0 Å². The number of nitrogens with one attached hydrogen (secondary N) is 1. The number of nitrogens with zero attached hydrogens (tertiary/aromatic N) is 1. The van der Waals surface area contributed by atoms with E-state index < -0.39 is 5.41 Å². The Labute approximate surface area is 151 Å². The number of piperidine rings is 1. The summed E-state index contributed by atoms with van der Waals surface area (Å²) in [5, 5.41) is 3.35. The number of carbonyl (C=O) groups excluding carboxylic acids is 2. The molecule has 0 bridgehead atoms. The van der Waals surface area contributed by atoms with E-state index in [4.69, 9.17) is 0 Å². The molecule has 0 radical (unpaired) electrons. The monoisotopic (exact) mass is 342 g/mol. The van der Waals surface area contributed by atoms with Crippen LogP contribution < -0.4 is 5.32 Å². The number of hydrogen-bond donors (Lipinski definition) is 1. The molecule has 0 aromatic heterocycles. The van der Waals surface area contributed by atoms with Crippen LogP contribution in [0.25, 0.3) is 0 Å². The highest BCUT2D eigenvalue weighted by Gasteiger charge is 2.43. The van der Waals surface area contributed by atoms with Crippen molar-refractivity contribution in [2.24, 2.45) is 5.92 Å². The van der Waals surface area contributed by atoms with Gasteiger partial charge in [0, 0.05) is 26.1 Å². The molecule has 1 aliphatic heterocycles. The Kier molecular flexibility index (Phi) is 5.45. The van der Waals surface area contributed by atoms with Crippen LogP contribution in [-0.4, -0.2) is 35.8 Å². The Morgan fingerprint density at radius 3 is 2.20 bits per heavy atom. The van der Waals surface area contributed by atoms with Gasteiger partial charge in [-0.1, -0.05) is 37.3 Å². The summed E-state index contributed by atoms with van der Waals surface area (Å²) in [4.78, 5) is 26.9. The number of amides is 2. The fraction of sp³-hybridized carbons (Fsp3) is 0.619. The zero-order chi connectivity index (χ0) is 17.9. The zero-order valence-corrected chi connectivity index (χ0v) is 15.5. The van der Waals surface area contributed by atoms with E-state index in [1.807, 2.05) is 23.1 Å². The Balaban J connectivity index is 1.77. The van der Waals surface area contributed by atoms with Gasteiger partial charge in [-0.15, -0.1) is 0 Å². The number of carbonyl (C=O) groups is 2. The fourth-order valence-corrected chi connectivity index (χ4v) is 4.34. The van der Waals surface area contributed by atoms with Crippen molar-refractivity contribution in [2.75, 3.05) is 13.1 Å². The third-order valence-corrected chi connectivity index (χ3v) is 6.17. The Morgan fingerprint density at radius 2 is 1.64 bits per heavy atom. The lowest BCUT2D eigenvalue weighted by molar-refractivity contribution is -0.135. The highest BCUT2D eigenvalue weighted by molar-refractivity contribution is 5.89. The lowest BCUT2D eigenvalue weighted by Crippen LogP contribution is -2.54. The van der Waals surface area contributed by atoms with E-state index in [0.717, 1.165) is 24.3 Å². The molecule has 2 amide bonds. The third kappa shape index (κ3) is 3.88. The van der Waals surface area contributed by atoms with Gasteiger partial charge in [0.15, 0.2) is 0 Å². The van der Waals surface area contributed by atoms with Gasteiger partial charge in [-0.3, -0.25) is 9.59 Å². The maximum Gasteiger partial charge on any atom is 0.231 e. The Morgan fingerprint density at radius 1 is 1.04 bits per heavy atom. The summed E-state index contributed by atoms with van der Waals surface area (Å²) >= 11 is 0. The predicted molar refractivity (Wildman–Crippen MR) is 99.2 cm³/mol. The van der Waals surface area contributed by atoms with E-state index in [9.17, 15) is 9.59 Å². The Bertz CT molecular complexity index is 598. The molecule has 3 rings (SSSR count). The summed E-state index contributed by atoms with van der Waals surface area (Å²) < 4.78 is 0. The summed E-state index contributed by atoms with van der Waals surface area (Å²) in [6, 6.07) is 10.4. The largest absolute Gasteiger partial charge is 0.353 e. The molecule has 0 atom stereocenters. The number of likely N-dealkylation sites (tertiary alicyclic amines) is 1. The van der Waals surface area contributed by atoms with Crippen LogP contribution in [0.1, 0.15) is 57.9 Å². The van der Waals surface area contributed by atoms with E-state index in [1.54, 1.807) is 6.92 Å². The molecule has 136 valence electrons. The van der Waals surface area contributed by atoms with Gasteiger partial charge in [-0.05, 0) is 50.0 Å². The van der Waals surface area contributed by atoms with Crippen LogP contribution in [0.3, 0.4) is 0 Å². The second-order valence-corrected chi connectivity index (χ2v) is 7.88. The minimum Gasteiger partial charge on any atom is -0.353 e. The molecular weight excluding hydrogens is 312 g/mol. The first-order valence-corrected chi connectivity index (χ1v) is 9.63.